The van der Waals surface area contributed by atoms with Crippen LogP contribution in [0.1, 0.15) is 32.1 Å². The maximum absolute atomic E-state index is 12.1. The second-order valence-electron chi connectivity index (χ2n) is 5.38. The quantitative estimate of drug-likeness (QED) is 0.810. The average molecular weight is 239 g/mol. The highest BCUT2D eigenvalue weighted by Gasteiger charge is 2.21. The summed E-state index contributed by atoms with van der Waals surface area (Å²) in [7, 11) is 1.94. The van der Waals surface area contributed by atoms with Gasteiger partial charge in [-0.1, -0.05) is 25.7 Å². The van der Waals surface area contributed by atoms with Gasteiger partial charge in [0.15, 0.2) is 0 Å². The Morgan fingerprint density at radius 2 is 1.94 bits per heavy atom. The predicted octanol–water partition coefficient (Wildman–Crippen LogP) is 1.52. The van der Waals surface area contributed by atoms with Crippen LogP contribution in [0.25, 0.3) is 0 Å². The van der Waals surface area contributed by atoms with Crippen LogP contribution in [0, 0.1) is 5.92 Å². The molecule has 0 aromatic heterocycles. The van der Waals surface area contributed by atoms with E-state index in [1.165, 1.54) is 32.1 Å². The zero-order chi connectivity index (χ0) is 12.1. The van der Waals surface area contributed by atoms with Gasteiger partial charge in [0.25, 0.3) is 0 Å². The van der Waals surface area contributed by atoms with Crippen molar-refractivity contribution < 1.29 is 4.79 Å². The van der Waals surface area contributed by atoms with E-state index in [0.717, 1.165) is 38.6 Å². The van der Waals surface area contributed by atoms with E-state index in [4.69, 9.17) is 0 Å². The van der Waals surface area contributed by atoms with E-state index >= 15 is 0 Å². The van der Waals surface area contributed by atoms with Crippen molar-refractivity contribution in [3.63, 3.8) is 0 Å². The van der Waals surface area contributed by atoms with Crippen LogP contribution in [-0.4, -0.2) is 55.6 Å². The molecule has 4 heteroatoms. The largest absolute Gasteiger partial charge is 0.328 e. The van der Waals surface area contributed by atoms with Crippen molar-refractivity contribution in [3.05, 3.63) is 0 Å². The minimum Gasteiger partial charge on any atom is -0.328 e. The summed E-state index contributed by atoms with van der Waals surface area (Å²) >= 11 is 0. The molecule has 0 spiro atoms. The van der Waals surface area contributed by atoms with Crippen LogP contribution in [0.4, 0.5) is 4.79 Å². The lowest BCUT2D eigenvalue weighted by molar-refractivity contribution is 0.153. The first kappa shape index (κ1) is 12.7. The molecule has 0 aromatic carbocycles. The SMILES string of the molecule is CN(CCC1CCCC1)C(=O)N1CCNCC1. The third kappa shape index (κ3) is 3.60. The molecule has 1 aliphatic heterocycles. The standard InChI is InChI=1S/C13H25N3O/c1-15(9-6-12-4-2-3-5-12)13(17)16-10-7-14-8-11-16/h12,14H,2-11H2,1H3. The number of hydrogen-bond acceptors (Lipinski definition) is 2. The Morgan fingerprint density at radius 3 is 2.59 bits per heavy atom. The van der Waals surface area contributed by atoms with Crippen LogP contribution >= 0.6 is 0 Å². The maximum Gasteiger partial charge on any atom is 0.319 e. The Kier molecular flexibility index (Phi) is 4.66. The molecule has 17 heavy (non-hydrogen) atoms. The molecule has 2 amide bonds. The highest BCUT2D eigenvalue weighted by Crippen LogP contribution is 2.27. The molecule has 1 aliphatic carbocycles. The molecule has 1 heterocycles. The normalized spacial score (nSPS) is 21.8. The predicted molar refractivity (Wildman–Crippen MR) is 69.0 cm³/mol. The van der Waals surface area contributed by atoms with Crippen molar-refractivity contribution >= 4 is 6.03 Å². The minimum absolute atomic E-state index is 0.212. The lowest BCUT2D eigenvalue weighted by Crippen LogP contribution is -2.50. The highest BCUT2D eigenvalue weighted by molar-refractivity contribution is 5.74. The maximum atomic E-state index is 12.1. The number of urea groups is 1. The summed E-state index contributed by atoms with van der Waals surface area (Å²) < 4.78 is 0. The number of amides is 2. The van der Waals surface area contributed by atoms with Gasteiger partial charge in [-0.25, -0.2) is 4.79 Å². The number of nitrogens with zero attached hydrogens (tertiary/aromatic N) is 2. The average Bonchev–Trinajstić information content (AvgIpc) is 2.89. The highest BCUT2D eigenvalue weighted by atomic mass is 16.2. The molecule has 0 atom stereocenters. The van der Waals surface area contributed by atoms with Gasteiger partial charge in [-0.2, -0.15) is 0 Å². The monoisotopic (exact) mass is 239 g/mol. The molecule has 0 aromatic rings. The first-order valence-corrected chi connectivity index (χ1v) is 6.98. The van der Waals surface area contributed by atoms with E-state index in [0.29, 0.717) is 0 Å². The summed E-state index contributed by atoms with van der Waals surface area (Å²) in [6.07, 6.45) is 6.71. The van der Waals surface area contributed by atoms with Gasteiger partial charge in [-0.05, 0) is 12.3 Å². The van der Waals surface area contributed by atoms with Crippen LogP contribution in [0.15, 0.2) is 0 Å². The third-order valence-electron chi connectivity index (χ3n) is 4.06. The van der Waals surface area contributed by atoms with E-state index < -0.39 is 0 Å². The zero-order valence-corrected chi connectivity index (χ0v) is 11.0. The van der Waals surface area contributed by atoms with Gasteiger partial charge in [0.1, 0.15) is 0 Å². The molecule has 0 radical (unpaired) electrons. The van der Waals surface area contributed by atoms with Crippen LogP contribution in [0.3, 0.4) is 0 Å². The number of rotatable bonds is 3. The lowest BCUT2D eigenvalue weighted by Gasteiger charge is -2.31. The number of carbonyl (C=O) groups is 1. The van der Waals surface area contributed by atoms with Crippen molar-refractivity contribution in [2.24, 2.45) is 5.92 Å². The fourth-order valence-electron chi connectivity index (χ4n) is 2.87. The molecule has 0 bridgehead atoms. The molecular formula is C13H25N3O. The molecule has 0 unspecified atom stereocenters. The van der Waals surface area contributed by atoms with Crippen LogP contribution in [0.2, 0.25) is 0 Å². The van der Waals surface area contributed by atoms with Gasteiger partial charge in [0.05, 0.1) is 0 Å². The van der Waals surface area contributed by atoms with Crippen molar-refractivity contribution in [2.75, 3.05) is 39.8 Å². The van der Waals surface area contributed by atoms with Crippen molar-refractivity contribution in [2.45, 2.75) is 32.1 Å². The first-order chi connectivity index (χ1) is 8.27. The lowest BCUT2D eigenvalue weighted by atomic mass is 10.0. The van der Waals surface area contributed by atoms with Gasteiger partial charge >= 0.3 is 6.03 Å². The smallest absolute Gasteiger partial charge is 0.319 e. The Hall–Kier alpha value is -0.770. The minimum atomic E-state index is 0.212. The molecule has 2 rings (SSSR count). The molecule has 4 nitrogen and oxygen atoms in total. The Balaban J connectivity index is 1.70. The Labute approximate surface area is 104 Å². The van der Waals surface area contributed by atoms with Gasteiger partial charge in [-0.15, -0.1) is 0 Å². The molecule has 2 aliphatic rings. The van der Waals surface area contributed by atoms with Crippen LogP contribution < -0.4 is 5.32 Å². The zero-order valence-electron chi connectivity index (χ0n) is 11.0. The molecular weight excluding hydrogens is 214 g/mol. The number of nitrogens with one attached hydrogen (secondary N) is 1. The first-order valence-electron chi connectivity index (χ1n) is 6.98. The summed E-state index contributed by atoms with van der Waals surface area (Å²) in [4.78, 5) is 16.0. The fraction of sp³-hybridized carbons (Fsp3) is 0.923. The Bertz CT molecular complexity index is 245. The topological polar surface area (TPSA) is 35.6 Å². The third-order valence-corrected chi connectivity index (χ3v) is 4.06. The summed E-state index contributed by atoms with van der Waals surface area (Å²) in [6.45, 7) is 4.50. The molecule has 1 N–H and O–H groups in total. The number of carbonyl (C=O) groups excluding carboxylic acids is 1. The molecule has 98 valence electrons. The molecule has 1 saturated carbocycles. The van der Waals surface area contributed by atoms with Crippen molar-refractivity contribution in [1.82, 2.24) is 15.1 Å². The van der Waals surface area contributed by atoms with E-state index in [-0.39, 0.29) is 6.03 Å². The van der Waals surface area contributed by atoms with Crippen molar-refractivity contribution in [1.29, 1.82) is 0 Å². The summed E-state index contributed by atoms with van der Waals surface area (Å²) in [6, 6.07) is 0.212. The van der Waals surface area contributed by atoms with E-state index in [1.54, 1.807) is 0 Å². The Morgan fingerprint density at radius 1 is 1.29 bits per heavy atom. The van der Waals surface area contributed by atoms with E-state index in [9.17, 15) is 4.79 Å². The molecule has 1 saturated heterocycles. The van der Waals surface area contributed by atoms with Crippen molar-refractivity contribution in [3.8, 4) is 0 Å². The van der Waals surface area contributed by atoms with Gasteiger partial charge in [0.2, 0.25) is 0 Å². The second kappa shape index (κ2) is 6.24. The van der Waals surface area contributed by atoms with Gasteiger partial charge < -0.3 is 15.1 Å². The van der Waals surface area contributed by atoms with Crippen LogP contribution in [-0.2, 0) is 0 Å². The summed E-state index contributed by atoms with van der Waals surface area (Å²) in [5.74, 6) is 0.869. The molecule has 2 fully saturated rings. The number of piperazine rings is 1. The summed E-state index contributed by atoms with van der Waals surface area (Å²) in [5.41, 5.74) is 0. The van der Waals surface area contributed by atoms with Gasteiger partial charge in [0, 0.05) is 39.8 Å². The van der Waals surface area contributed by atoms with Gasteiger partial charge in [-0.3, -0.25) is 0 Å². The van der Waals surface area contributed by atoms with E-state index in [2.05, 4.69) is 5.32 Å². The number of hydrogen-bond donors (Lipinski definition) is 1. The fourth-order valence-corrected chi connectivity index (χ4v) is 2.87. The summed E-state index contributed by atoms with van der Waals surface area (Å²) in [5, 5.41) is 3.27. The second-order valence-corrected chi connectivity index (χ2v) is 5.38. The van der Waals surface area contributed by atoms with E-state index in [1.807, 2.05) is 16.8 Å². The van der Waals surface area contributed by atoms with Crippen LogP contribution in [0.5, 0.6) is 0 Å².